The van der Waals surface area contributed by atoms with Gasteiger partial charge in [0.1, 0.15) is 0 Å². The van der Waals surface area contributed by atoms with Gasteiger partial charge < -0.3 is 4.90 Å². The van der Waals surface area contributed by atoms with Crippen molar-refractivity contribution in [3.05, 3.63) is 64.1 Å². The molecule has 2 aromatic carbocycles. The predicted octanol–water partition coefficient (Wildman–Crippen LogP) is 5.37. The zero-order valence-electron chi connectivity index (χ0n) is 13.0. The molecule has 1 saturated carbocycles. The Morgan fingerprint density at radius 3 is 2.09 bits per heavy atom. The molecule has 120 valence electrons. The monoisotopic (exact) mass is 347 g/mol. The largest absolute Gasteiger partial charge is 0.309 e. The van der Waals surface area contributed by atoms with Gasteiger partial charge in [-0.1, -0.05) is 35.3 Å². The summed E-state index contributed by atoms with van der Waals surface area (Å²) in [6.45, 7) is 2.09. The van der Waals surface area contributed by atoms with Gasteiger partial charge in [0.05, 0.1) is 0 Å². The molecule has 1 fully saturated rings. The Hall–Kier alpha value is -1.51. The van der Waals surface area contributed by atoms with Gasteiger partial charge in [0, 0.05) is 27.7 Å². The molecule has 0 aliphatic heterocycles. The van der Waals surface area contributed by atoms with E-state index in [1.54, 1.807) is 0 Å². The summed E-state index contributed by atoms with van der Waals surface area (Å²) >= 11 is 11.9. The molecular formula is C19H19Cl2NO. The van der Waals surface area contributed by atoms with Crippen LogP contribution in [0.4, 0.5) is 5.69 Å². The minimum absolute atomic E-state index is 0.0745. The van der Waals surface area contributed by atoms with Crippen LogP contribution in [0.3, 0.4) is 0 Å². The Labute approximate surface area is 147 Å². The fourth-order valence-corrected chi connectivity index (χ4v) is 3.03. The number of anilines is 1. The van der Waals surface area contributed by atoms with Crippen LogP contribution < -0.4 is 4.90 Å². The van der Waals surface area contributed by atoms with Gasteiger partial charge in [-0.15, -0.1) is 0 Å². The van der Waals surface area contributed by atoms with E-state index in [0.29, 0.717) is 5.02 Å². The van der Waals surface area contributed by atoms with Gasteiger partial charge in [0.25, 0.3) is 0 Å². The molecule has 1 atom stereocenters. The Balaban J connectivity index is 1.83. The van der Waals surface area contributed by atoms with Gasteiger partial charge in [-0.2, -0.15) is 0 Å². The summed E-state index contributed by atoms with van der Waals surface area (Å²) in [5.41, 5.74) is 2.08. The van der Waals surface area contributed by atoms with Crippen LogP contribution in [-0.2, 0) is 11.2 Å². The molecule has 0 saturated heterocycles. The first-order valence-electron chi connectivity index (χ1n) is 7.87. The van der Waals surface area contributed by atoms with Gasteiger partial charge in [0.2, 0.25) is 5.91 Å². The van der Waals surface area contributed by atoms with E-state index in [2.05, 4.69) is 6.92 Å². The summed E-state index contributed by atoms with van der Waals surface area (Å²) in [7, 11) is 0. The van der Waals surface area contributed by atoms with Crippen molar-refractivity contribution in [1.29, 1.82) is 0 Å². The van der Waals surface area contributed by atoms with Crippen LogP contribution in [0.1, 0.15) is 25.3 Å². The van der Waals surface area contributed by atoms with Crippen molar-refractivity contribution in [3.8, 4) is 0 Å². The fourth-order valence-electron chi connectivity index (χ4n) is 2.78. The first-order valence-corrected chi connectivity index (χ1v) is 8.63. The molecule has 4 heteroatoms. The second kappa shape index (κ2) is 6.94. The second-order valence-corrected chi connectivity index (χ2v) is 7.01. The maximum absolute atomic E-state index is 12.7. The summed E-state index contributed by atoms with van der Waals surface area (Å²) in [6, 6.07) is 15.4. The maximum atomic E-state index is 12.7. The molecule has 1 aliphatic rings. The molecule has 0 bridgehead atoms. The molecule has 0 aromatic heterocycles. The lowest BCUT2D eigenvalue weighted by Crippen LogP contribution is -2.41. The summed E-state index contributed by atoms with van der Waals surface area (Å²) in [5.74, 6) is 0.395. The van der Waals surface area contributed by atoms with E-state index in [1.807, 2.05) is 53.4 Å². The van der Waals surface area contributed by atoms with Crippen LogP contribution in [0, 0.1) is 5.92 Å². The number of carbonyl (C=O) groups is 1. The summed E-state index contributed by atoms with van der Waals surface area (Å²) in [4.78, 5) is 14.7. The van der Waals surface area contributed by atoms with E-state index in [-0.39, 0.29) is 17.9 Å². The number of amides is 1. The zero-order chi connectivity index (χ0) is 16.4. The number of halogens is 2. The molecule has 2 aromatic rings. The molecule has 3 rings (SSSR count). The third-order valence-electron chi connectivity index (χ3n) is 4.15. The molecule has 0 spiro atoms. The first kappa shape index (κ1) is 16.4. The SMILES string of the molecule is CC(Cc1ccc(Cl)cc1)N(C(=O)C1CC1)c1ccc(Cl)cc1. The van der Waals surface area contributed by atoms with Gasteiger partial charge in [-0.05, 0) is 68.1 Å². The lowest BCUT2D eigenvalue weighted by molar-refractivity contribution is -0.120. The number of rotatable bonds is 5. The van der Waals surface area contributed by atoms with Crippen LogP contribution in [0.25, 0.3) is 0 Å². The van der Waals surface area contributed by atoms with Crippen molar-refractivity contribution in [2.75, 3.05) is 4.90 Å². The van der Waals surface area contributed by atoms with Crippen LogP contribution >= 0.6 is 23.2 Å². The average Bonchev–Trinajstić information content (AvgIpc) is 3.36. The van der Waals surface area contributed by atoms with E-state index < -0.39 is 0 Å². The Morgan fingerprint density at radius 2 is 1.57 bits per heavy atom. The van der Waals surface area contributed by atoms with E-state index in [0.717, 1.165) is 30.0 Å². The topological polar surface area (TPSA) is 20.3 Å². The van der Waals surface area contributed by atoms with Crippen LogP contribution in [0.2, 0.25) is 10.0 Å². The first-order chi connectivity index (χ1) is 11.0. The van der Waals surface area contributed by atoms with Gasteiger partial charge >= 0.3 is 0 Å². The lowest BCUT2D eigenvalue weighted by atomic mass is 10.0. The lowest BCUT2D eigenvalue weighted by Gasteiger charge is -2.30. The average molecular weight is 348 g/mol. The van der Waals surface area contributed by atoms with Crippen molar-refractivity contribution in [2.24, 2.45) is 5.92 Å². The quantitative estimate of drug-likeness (QED) is 0.712. The van der Waals surface area contributed by atoms with Crippen molar-refractivity contribution >= 4 is 34.8 Å². The molecule has 23 heavy (non-hydrogen) atoms. The molecular weight excluding hydrogens is 329 g/mol. The third-order valence-corrected chi connectivity index (χ3v) is 4.66. The van der Waals surface area contributed by atoms with Crippen molar-refractivity contribution < 1.29 is 4.79 Å². The van der Waals surface area contributed by atoms with E-state index in [4.69, 9.17) is 23.2 Å². The minimum Gasteiger partial charge on any atom is -0.309 e. The molecule has 1 unspecified atom stereocenters. The highest BCUT2D eigenvalue weighted by Gasteiger charge is 2.36. The number of nitrogens with zero attached hydrogens (tertiary/aromatic N) is 1. The molecule has 1 aliphatic carbocycles. The smallest absolute Gasteiger partial charge is 0.230 e. The Bertz CT molecular complexity index is 678. The summed E-state index contributed by atoms with van der Waals surface area (Å²) < 4.78 is 0. The molecule has 0 heterocycles. The minimum atomic E-state index is 0.0745. The normalized spacial score (nSPS) is 15.3. The molecule has 2 nitrogen and oxygen atoms in total. The second-order valence-electron chi connectivity index (χ2n) is 6.14. The number of carbonyl (C=O) groups excluding carboxylic acids is 1. The van der Waals surface area contributed by atoms with Gasteiger partial charge in [0.15, 0.2) is 0 Å². The van der Waals surface area contributed by atoms with Crippen molar-refractivity contribution in [2.45, 2.75) is 32.2 Å². The molecule has 1 amide bonds. The molecule has 0 radical (unpaired) electrons. The fraction of sp³-hybridized carbons (Fsp3) is 0.316. The highest BCUT2D eigenvalue weighted by molar-refractivity contribution is 6.30. The highest BCUT2D eigenvalue weighted by atomic mass is 35.5. The standard InChI is InChI=1S/C19H19Cl2NO/c1-13(12-14-2-6-16(20)7-3-14)22(19(23)15-4-5-15)18-10-8-17(21)9-11-18/h2-3,6-11,13,15H,4-5,12H2,1H3. The maximum Gasteiger partial charge on any atom is 0.230 e. The van der Waals surface area contributed by atoms with Crippen LogP contribution in [-0.4, -0.2) is 11.9 Å². The van der Waals surface area contributed by atoms with E-state index in [1.165, 1.54) is 5.56 Å². The third kappa shape index (κ3) is 4.07. The summed E-state index contributed by atoms with van der Waals surface area (Å²) in [6.07, 6.45) is 2.78. The van der Waals surface area contributed by atoms with Gasteiger partial charge in [-0.25, -0.2) is 0 Å². The van der Waals surface area contributed by atoms with Crippen LogP contribution in [0.15, 0.2) is 48.5 Å². The number of benzene rings is 2. The van der Waals surface area contributed by atoms with Gasteiger partial charge in [-0.3, -0.25) is 4.79 Å². The Kier molecular flexibility index (Phi) is 4.93. The van der Waals surface area contributed by atoms with Crippen molar-refractivity contribution in [1.82, 2.24) is 0 Å². The Morgan fingerprint density at radius 1 is 1.04 bits per heavy atom. The van der Waals surface area contributed by atoms with Crippen LogP contribution in [0.5, 0.6) is 0 Å². The highest BCUT2D eigenvalue weighted by Crippen LogP contribution is 2.34. The molecule has 0 N–H and O–H groups in total. The number of hydrogen-bond donors (Lipinski definition) is 0. The summed E-state index contributed by atoms with van der Waals surface area (Å²) in [5, 5.41) is 1.41. The number of hydrogen-bond acceptors (Lipinski definition) is 1. The zero-order valence-corrected chi connectivity index (χ0v) is 14.5. The van der Waals surface area contributed by atoms with Crippen molar-refractivity contribution in [3.63, 3.8) is 0 Å². The predicted molar refractivity (Wildman–Crippen MR) is 96.3 cm³/mol. The van der Waals surface area contributed by atoms with E-state index >= 15 is 0 Å². The van der Waals surface area contributed by atoms with E-state index in [9.17, 15) is 4.79 Å².